The van der Waals surface area contributed by atoms with Gasteiger partial charge < -0.3 is 14.6 Å². The van der Waals surface area contributed by atoms with Crippen molar-refractivity contribution in [1.29, 1.82) is 0 Å². The Morgan fingerprint density at radius 3 is 2.36 bits per heavy atom. The Morgan fingerprint density at radius 1 is 0.964 bits per heavy atom. The first kappa shape index (κ1) is 19.4. The quantitative estimate of drug-likeness (QED) is 0.710. The highest BCUT2D eigenvalue weighted by Gasteiger charge is 2.21. The Kier molecular flexibility index (Phi) is 5.94. The molecule has 28 heavy (non-hydrogen) atoms. The van der Waals surface area contributed by atoms with Crippen LogP contribution in [0, 0.1) is 13.8 Å². The highest BCUT2D eigenvalue weighted by atomic mass is 16.3. The van der Waals surface area contributed by atoms with Gasteiger partial charge in [0.05, 0.1) is 18.8 Å². The minimum Gasteiger partial charge on any atom is -0.459 e. The lowest BCUT2D eigenvalue weighted by Gasteiger charge is -2.23. The van der Waals surface area contributed by atoms with Gasteiger partial charge in [0.15, 0.2) is 5.76 Å². The van der Waals surface area contributed by atoms with Crippen LogP contribution in [-0.4, -0.2) is 30.3 Å². The van der Waals surface area contributed by atoms with E-state index >= 15 is 0 Å². The van der Waals surface area contributed by atoms with Crippen molar-refractivity contribution in [3.8, 4) is 0 Å². The third kappa shape index (κ3) is 4.49. The fourth-order valence-electron chi connectivity index (χ4n) is 3.03. The predicted octanol–water partition coefficient (Wildman–Crippen LogP) is 3.87. The van der Waals surface area contributed by atoms with Crippen molar-refractivity contribution in [1.82, 2.24) is 10.2 Å². The standard InChI is InChI=1S/C23H24N2O3/c1-16-11-12-19(14-17(16)2)22(18-8-5-4-6-9-18)24-21(26)15-25(3)23(27)20-10-7-13-28-20/h4-14,22H,15H2,1-3H3,(H,24,26)/t22-/m0/s1. The number of likely N-dealkylation sites (N-methyl/N-ethyl adjacent to an activating group) is 1. The number of furan rings is 1. The van der Waals surface area contributed by atoms with Crippen molar-refractivity contribution in [3.63, 3.8) is 0 Å². The number of hydrogen-bond acceptors (Lipinski definition) is 3. The maximum atomic E-state index is 12.7. The summed E-state index contributed by atoms with van der Waals surface area (Å²) in [4.78, 5) is 26.3. The molecule has 1 heterocycles. The van der Waals surface area contributed by atoms with E-state index in [2.05, 4.69) is 31.3 Å². The van der Waals surface area contributed by atoms with Gasteiger partial charge in [-0.25, -0.2) is 0 Å². The molecule has 1 atom stereocenters. The largest absolute Gasteiger partial charge is 0.459 e. The lowest BCUT2D eigenvalue weighted by Crippen LogP contribution is -2.40. The van der Waals surface area contributed by atoms with Crippen molar-refractivity contribution in [3.05, 3.63) is 94.9 Å². The summed E-state index contributed by atoms with van der Waals surface area (Å²) in [7, 11) is 1.58. The summed E-state index contributed by atoms with van der Waals surface area (Å²) in [5, 5.41) is 3.06. The van der Waals surface area contributed by atoms with E-state index in [1.807, 2.05) is 36.4 Å². The number of nitrogens with zero attached hydrogens (tertiary/aromatic N) is 1. The van der Waals surface area contributed by atoms with Gasteiger partial charge >= 0.3 is 0 Å². The van der Waals surface area contributed by atoms with Gasteiger partial charge in [-0.05, 0) is 48.2 Å². The van der Waals surface area contributed by atoms with E-state index in [1.54, 1.807) is 19.2 Å². The molecule has 3 rings (SSSR count). The molecule has 1 N–H and O–H groups in total. The molecule has 5 nitrogen and oxygen atoms in total. The van der Waals surface area contributed by atoms with Gasteiger partial charge in [-0.15, -0.1) is 0 Å². The molecule has 0 spiro atoms. The smallest absolute Gasteiger partial charge is 0.289 e. The zero-order valence-electron chi connectivity index (χ0n) is 16.3. The average Bonchev–Trinajstić information content (AvgIpc) is 3.23. The molecule has 5 heteroatoms. The lowest BCUT2D eigenvalue weighted by molar-refractivity contribution is -0.122. The van der Waals surface area contributed by atoms with Crippen molar-refractivity contribution in [2.24, 2.45) is 0 Å². The van der Waals surface area contributed by atoms with Crippen LogP contribution in [0.3, 0.4) is 0 Å². The van der Waals surface area contributed by atoms with E-state index in [0.29, 0.717) is 0 Å². The minimum absolute atomic E-state index is 0.0618. The first-order valence-corrected chi connectivity index (χ1v) is 9.16. The molecule has 2 amide bonds. The summed E-state index contributed by atoms with van der Waals surface area (Å²) in [5.41, 5.74) is 4.35. The fraction of sp³-hybridized carbons (Fsp3) is 0.217. The van der Waals surface area contributed by atoms with Gasteiger partial charge in [-0.3, -0.25) is 9.59 Å². The van der Waals surface area contributed by atoms with E-state index < -0.39 is 0 Å². The van der Waals surface area contributed by atoms with E-state index in [9.17, 15) is 9.59 Å². The number of hydrogen-bond donors (Lipinski definition) is 1. The summed E-state index contributed by atoms with van der Waals surface area (Å²) < 4.78 is 5.12. The molecule has 0 saturated carbocycles. The first-order chi connectivity index (χ1) is 13.5. The molecule has 144 valence electrons. The van der Waals surface area contributed by atoms with Crippen LogP contribution in [0.2, 0.25) is 0 Å². The van der Waals surface area contributed by atoms with Crippen LogP contribution in [0.5, 0.6) is 0 Å². The van der Waals surface area contributed by atoms with Gasteiger partial charge in [0, 0.05) is 7.05 Å². The van der Waals surface area contributed by atoms with Crippen molar-refractivity contribution in [2.45, 2.75) is 19.9 Å². The third-order valence-electron chi connectivity index (χ3n) is 4.76. The summed E-state index contributed by atoms with van der Waals surface area (Å²) in [6.07, 6.45) is 1.44. The van der Waals surface area contributed by atoms with Crippen molar-refractivity contribution >= 4 is 11.8 Å². The van der Waals surface area contributed by atoms with Gasteiger partial charge in [-0.1, -0.05) is 48.5 Å². The fourth-order valence-corrected chi connectivity index (χ4v) is 3.03. The van der Waals surface area contributed by atoms with Crippen molar-refractivity contribution in [2.75, 3.05) is 13.6 Å². The number of aryl methyl sites for hydroxylation is 2. The van der Waals surface area contributed by atoms with Crippen LogP contribution < -0.4 is 5.32 Å². The van der Waals surface area contributed by atoms with Crippen LogP contribution in [-0.2, 0) is 4.79 Å². The summed E-state index contributed by atoms with van der Waals surface area (Å²) in [5.74, 6) is -0.360. The van der Waals surface area contributed by atoms with Gasteiger partial charge in [0.1, 0.15) is 0 Å². The molecule has 3 aromatic rings. The molecule has 0 aliphatic carbocycles. The molecular weight excluding hydrogens is 352 g/mol. The molecule has 0 fully saturated rings. The maximum absolute atomic E-state index is 12.7. The van der Waals surface area contributed by atoms with Crippen LogP contribution in [0.15, 0.2) is 71.3 Å². The topological polar surface area (TPSA) is 62.6 Å². The van der Waals surface area contributed by atoms with E-state index in [0.717, 1.165) is 16.7 Å². The van der Waals surface area contributed by atoms with Crippen LogP contribution >= 0.6 is 0 Å². The Hall–Kier alpha value is -3.34. The Labute approximate surface area is 165 Å². The lowest BCUT2D eigenvalue weighted by atomic mass is 9.95. The highest BCUT2D eigenvalue weighted by Crippen LogP contribution is 2.24. The summed E-state index contributed by atoms with van der Waals surface area (Å²) in [6.45, 7) is 4.05. The van der Waals surface area contributed by atoms with E-state index in [4.69, 9.17) is 4.42 Å². The Balaban J connectivity index is 1.78. The second-order valence-electron chi connectivity index (χ2n) is 6.89. The Bertz CT molecular complexity index is 949. The highest BCUT2D eigenvalue weighted by molar-refractivity contribution is 5.94. The molecule has 2 aromatic carbocycles. The van der Waals surface area contributed by atoms with Crippen LogP contribution in [0.25, 0.3) is 0 Å². The van der Waals surface area contributed by atoms with Crippen LogP contribution in [0.4, 0.5) is 0 Å². The molecule has 1 aromatic heterocycles. The summed E-state index contributed by atoms with van der Waals surface area (Å²) in [6, 6.07) is 18.9. The predicted molar refractivity (Wildman–Crippen MR) is 108 cm³/mol. The minimum atomic E-state index is -0.331. The average molecular weight is 376 g/mol. The number of carbonyl (C=O) groups excluding carboxylic acids is 2. The molecule has 0 aliphatic rings. The number of carbonyl (C=O) groups is 2. The zero-order chi connectivity index (χ0) is 20.1. The monoisotopic (exact) mass is 376 g/mol. The second-order valence-corrected chi connectivity index (χ2v) is 6.89. The molecule has 0 radical (unpaired) electrons. The molecule has 0 unspecified atom stereocenters. The number of amides is 2. The van der Waals surface area contributed by atoms with Crippen molar-refractivity contribution < 1.29 is 14.0 Å². The van der Waals surface area contributed by atoms with Gasteiger partial charge in [0.25, 0.3) is 5.91 Å². The second kappa shape index (κ2) is 8.57. The van der Waals surface area contributed by atoms with E-state index in [1.165, 1.54) is 16.7 Å². The molecule has 0 saturated heterocycles. The van der Waals surface area contributed by atoms with Gasteiger partial charge in [-0.2, -0.15) is 0 Å². The third-order valence-corrected chi connectivity index (χ3v) is 4.76. The van der Waals surface area contributed by atoms with Crippen LogP contribution in [0.1, 0.15) is 38.9 Å². The molecular formula is C23H24N2O3. The Morgan fingerprint density at radius 2 is 1.71 bits per heavy atom. The molecule has 0 aliphatic heterocycles. The normalized spacial score (nSPS) is 11.7. The number of rotatable bonds is 6. The SMILES string of the molecule is Cc1ccc([C@@H](NC(=O)CN(C)C(=O)c2ccco2)c2ccccc2)cc1C. The molecule has 0 bridgehead atoms. The summed E-state index contributed by atoms with van der Waals surface area (Å²) >= 11 is 0. The first-order valence-electron chi connectivity index (χ1n) is 9.16. The zero-order valence-corrected chi connectivity index (χ0v) is 16.3. The van der Waals surface area contributed by atoms with E-state index in [-0.39, 0.29) is 30.2 Å². The number of benzene rings is 2. The van der Waals surface area contributed by atoms with Gasteiger partial charge in [0.2, 0.25) is 5.91 Å². The number of nitrogens with one attached hydrogen (secondary N) is 1. The maximum Gasteiger partial charge on any atom is 0.289 e.